The molecule has 0 aromatic rings. The zero-order valence-electron chi connectivity index (χ0n) is 5.26. The van der Waals surface area contributed by atoms with Crippen molar-refractivity contribution in [3.05, 3.63) is 11.9 Å². The average Bonchev–Trinajstić information content (AvgIpc) is 1.85. The molecule has 0 saturated heterocycles. The highest BCUT2D eigenvalue weighted by Crippen LogP contribution is 1.96. The van der Waals surface area contributed by atoms with Crippen LogP contribution in [0.15, 0.2) is 11.9 Å². The van der Waals surface area contributed by atoms with Crippen LogP contribution in [0.3, 0.4) is 0 Å². The van der Waals surface area contributed by atoms with E-state index < -0.39 is 5.83 Å². The van der Waals surface area contributed by atoms with Crippen LogP contribution in [-0.2, 0) is 9.53 Å². The van der Waals surface area contributed by atoms with Crippen LogP contribution in [0, 0.1) is 0 Å². The quantitative estimate of drug-likeness (QED) is 0.541. The second-order valence-electron chi connectivity index (χ2n) is 1.47. The van der Waals surface area contributed by atoms with Crippen molar-refractivity contribution in [3.63, 3.8) is 0 Å². The fourth-order valence-corrected chi connectivity index (χ4v) is 0.394. The van der Waals surface area contributed by atoms with Crippen LogP contribution in [0.1, 0.15) is 13.3 Å². The van der Waals surface area contributed by atoms with Crippen molar-refractivity contribution in [2.75, 3.05) is 6.61 Å². The Morgan fingerprint density at radius 2 is 2.44 bits per heavy atom. The maximum absolute atomic E-state index is 12.2. The lowest BCUT2D eigenvalue weighted by molar-refractivity contribution is -0.128. The molecule has 0 fully saturated rings. The van der Waals surface area contributed by atoms with E-state index in [0.717, 1.165) is 0 Å². The first-order chi connectivity index (χ1) is 4.31. The standard InChI is InChI=1S/C6H9FO2/c1-2-3-6(7)4-9-5-8/h3,5H,2,4H2,1H3. The fraction of sp³-hybridized carbons (Fsp3) is 0.500. The third-order valence-electron chi connectivity index (χ3n) is 0.715. The lowest BCUT2D eigenvalue weighted by Crippen LogP contribution is -1.90. The van der Waals surface area contributed by atoms with Crippen LogP contribution in [0.4, 0.5) is 4.39 Å². The maximum atomic E-state index is 12.2. The molecule has 3 heteroatoms. The van der Waals surface area contributed by atoms with E-state index in [1.807, 2.05) is 0 Å². The Morgan fingerprint density at radius 3 is 2.89 bits per heavy atom. The number of allylic oxidation sites excluding steroid dienone is 1. The highest BCUT2D eigenvalue weighted by molar-refractivity contribution is 5.37. The molecule has 0 amide bonds. The molecule has 0 aliphatic heterocycles. The lowest BCUT2D eigenvalue weighted by Gasteiger charge is -1.91. The summed E-state index contributed by atoms with van der Waals surface area (Å²) in [5, 5.41) is 0. The van der Waals surface area contributed by atoms with E-state index in [-0.39, 0.29) is 13.1 Å². The maximum Gasteiger partial charge on any atom is 0.293 e. The van der Waals surface area contributed by atoms with E-state index in [9.17, 15) is 9.18 Å². The smallest absolute Gasteiger partial charge is 0.293 e. The van der Waals surface area contributed by atoms with Gasteiger partial charge in [0.1, 0.15) is 12.4 Å². The zero-order chi connectivity index (χ0) is 7.11. The molecule has 0 atom stereocenters. The summed E-state index contributed by atoms with van der Waals surface area (Å²) in [7, 11) is 0. The molecule has 0 heterocycles. The number of hydrogen-bond donors (Lipinski definition) is 0. The van der Waals surface area contributed by atoms with Crippen LogP contribution in [0.5, 0.6) is 0 Å². The van der Waals surface area contributed by atoms with E-state index in [1.54, 1.807) is 6.92 Å². The summed E-state index contributed by atoms with van der Waals surface area (Å²) >= 11 is 0. The van der Waals surface area contributed by atoms with Gasteiger partial charge in [-0.15, -0.1) is 0 Å². The Kier molecular flexibility index (Phi) is 4.78. The first-order valence-corrected chi connectivity index (χ1v) is 2.71. The van der Waals surface area contributed by atoms with Gasteiger partial charge < -0.3 is 4.74 Å². The minimum Gasteiger partial charge on any atom is -0.461 e. The Labute approximate surface area is 53.3 Å². The molecule has 0 aromatic carbocycles. The molecular weight excluding hydrogens is 123 g/mol. The second-order valence-corrected chi connectivity index (χ2v) is 1.47. The summed E-state index contributed by atoms with van der Waals surface area (Å²) in [4.78, 5) is 9.50. The van der Waals surface area contributed by atoms with Gasteiger partial charge in [-0.1, -0.05) is 6.92 Å². The number of rotatable bonds is 4. The Balaban J connectivity index is 3.36. The van der Waals surface area contributed by atoms with Crippen molar-refractivity contribution >= 4 is 6.47 Å². The molecule has 0 spiro atoms. The molecule has 0 radical (unpaired) electrons. The van der Waals surface area contributed by atoms with Crippen LogP contribution in [-0.4, -0.2) is 13.1 Å². The molecule has 0 unspecified atom stereocenters. The molecule has 9 heavy (non-hydrogen) atoms. The van der Waals surface area contributed by atoms with Gasteiger partial charge in [0.15, 0.2) is 0 Å². The number of carbonyl (C=O) groups is 1. The van der Waals surface area contributed by atoms with Crippen molar-refractivity contribution in [3.8, 4) is 0 Å². The molecule has 0 saturated carbocycles. The van der Waals surface area contributed by atoms with Gasteiger partial charge in [0.25, 0.3) is 6.47 Å². The van der Waals surface area contributed by atoms with Crippen molar-refractivity contribution < 1.29 is 13.9 Å². The lowest BCUT2D eigenvalue weighted by atomic mass is 10.4. The number of halogens is 1. The van der Waals surface area contributed by atoms with Crippen LogP contribution >= 0.6 is 0 Å². The van der Waals surface area contributed by atoms with E-state index in [2.05, 4.69) is 4.74 Å². The summed E-state index contributed by atoms with van der Waals surface area (Å²) < 4.78 is 16.3. The normalized spacial score (nSPS) is 11.1. The van der Waals surface area contributed by atoms with Gasteiger partial charge in [0.05, 0.1) is 0 Å². The van der Waals surface area contributed by atoms with Crippen LogP contribution in [0.25, 0.3) is 0 Å². The highest BCUT2D eigenvalue weighted by atomic mass is 19.1. The van der Waals surface area contributed by atoms with Crippen LogP contribution in [0.2, 0.25) is 0 Å². The Bertz CT molecular complexity index is 110. The SMILES string of the molecule is CCC=C(F)COC=O. The first kappa shape index (κ1) is 8.14. The van der Waals surface area contributed by atoms with E-state index in [1.165, 1.54) is 6.08 Å². The Morgan fingerprint density at radius 1 is 1.78 bits per heavy atom. The number of ether oxygens (including phenoxy) is 1. The molecule has 0 rings (SSSR count). The predicted octanol–water partition coefficient (Wildman–Crippen LogP) is 1.42. The van der Waals surface area contributed by atoms with Crippen LogP contribution < -0.4 is 0 Å². The average molecular weight is 132 g/mol. The predicted molar refractivity (Wildman–Crippen MR) is 31.5 cm³/mol. The molecule has 2 nitrogen and oxygen atoms in total. The Hall–Kier alpha value is -0.860. The topological polar surface area (TPSA) is 26.3 Å². The van der Waals surface area contributed by atoms with Gasteiger partial charge >= 0.3 is 0 Å². The van der Waals surface area contributed by atoms with Crippen molar-refractivity contribution in [1.29, 1.82) is 0 Å². The van der Waals surface area contributed by atoms with E-state index in [0.29, 0.717) is 6.42 Å². The molecule has 52 valence electrons. The van der Waals surface area contributed by atoms with E-state index >= 15 is 0 Å². The molecule has 0 aliphatic rings. The third kappa shape index (κ3) is 5.00. The minimum atomic E-state index is -0.399. The van der Waals surface area contributed by atoms with Gasteiger partial charge in [0.2, 0.25) is 0 Å². The summed E-state index contributed by atoms with van der Waals surface area (Å²) in [6.45, 7) is 1.79. The molecule has 0 N–H and O–H groups in total. The summed E-state index contributed by atoms with van der Waals surface area (Å²) in [6, 6.07) is 0. The van der Waals surface area contributed by atoms with Gasteiger partial charge in [-0.25, -0.2) is 4.39 Å². The fourth-order valence-electron chi connectivity index (χ4n) is 0.394. The molecular formula is C6H9FO2. The summed E-state index contributed by atoms with van der Waals surface area (Å²) in [5.74, 6) is -0.399. The van der Waals surface area contributed by atoms with Crippen molar-refractivity contribution in [2.45, 2.75) is 13.3 Å². The van der Waals surface area contributed by atoms with E-state index in [4.69, 9.17) is 0 Å². The number of hydrogen-bond acceptors (Lipinski definition) is 2. The molecule has 0 bridgehead atoms. The third-order valence-corrected chi connectivity index (χ3v) is 0.715. The van der Waals surface area contributed by atoms with Gasteiger partial charge in [-0.05, 0) is 12.5 Å². The monoisotopic (exact) mass is 132 g/mol. The van der Waals surface area contributed by atoms with Crippen molar-refractivity contribution in [2.24, 2.45) is 0 Å². The highest BCUT2D eigenvalue weighted by Gasteiger charge is 1.90. The first-order valence-electron chi connectivity index (χ1n) is 2.71. The van der Waals surface area contributed by atoms with Crippen molar-refractivity contribution in [1.82, 2.24) is 0 Å². The zero-order valence-corrected chi connectivity index (χ0v) is 5.26. The molecule has 0 aliphatic carbocycles. The van der Waals surface area contributed by atoms with Gasteiger partial charge in [-0.3, -0.25) is 4.79 Å². The number of carbonyl (C=O) groups excluding carboxylic acids is 1. The molecule has 0 aromatic heterocycles. The summed E-state index contributed by atoms with van der Waals surface area (Å²) in [6.07, 6.45) is 1.98. The van der Waals surface area contributed by atoms with Gasteiger partial charge in [-0.2, -0.15) is 0 Å². The minimum absolute atomic E-state index is 0.225. The second kappa shape index (κ2) is 5.28. The van der Waals surface area contributed by atoms with Gasteiger partial charge in [0, 0.05) is 0 Å². The summed E-state index contributed by atoms with van der Waals surface area (Å²) in [5.41, 5.74) is 0. The largest absolute Gasteiger partial charge is 0.461 e.